The summed E-state index contributed by atoms with van der Waals surface area (Å²) in [5.74, 6) is -1.09. The predicted octanol–water partition coefficient (Wildman–Crippen LogP) is 3.01. The number of benzene rings is 2. The molecule has 1 saturated heterocycles. The second-order valence-corrected chi connectivity index (χ2v) is 9.21. The van der Waals surface area contributed by atoms with E-state index in [0.717, 1.165) is 11.1 Å². The molecule has 1 atom stereocenters. The number of carboxylic acid groups (broad SMARTS) is 1. The number of carbonyl (C=O) groups is 3. The summed E-state index contributed by atoms with van der Waals surface area (Å²) >= 11 is 0. The van der Waals surface area contributed by atoms with E-state index >= 15 is 0 Å². The Bertz CT molecular complexity index is 1050. The largest absolute Gasteiger partial charge is 0.481 e. The van der Waals surface area contributed by atoms with Gasteiger partial charge in [0.15, 0.2) is 0 Å². The second-order valence-electron chi connectivity index (χ2n) is 9.21. The summed E-state index contributed by atoms with van der Waals surface area (Å²) in [6.45, 7) is 1.37. The van der Waals surface area contributed by atoms with E-state index in [1.165, 1.54) is 11.1 Å². The van der Waals surface area contributed by atoms with Gasteiger partial charge in [-0.1, -0.05) is 48.5 Å². The molecule has 34 heavy (non-hydrogen) atoms. The van der Waals surface area contributed by atoms with Crippen LogP contribution in [-0.2, 0) is 19.1 Å². The van der Waals surface area contributed by atoms with Crippen molar-refractivity contribution in [3.05, 3.63) is 59.7 Å². The molecular weight excluding hydrogens is 436 g/mol. The molecule has 1 aliphatic heterocycles. The fourth-order valence-corrected chi connectivity index (χ4v) is 5.24. The van der Waals surface area contributed by atoms with Crippen LogP contribution in [0.25, 0.3) is 11.1 Å². The van der Waals surface area contributed by atoms with Gasteiger partial charge in [0.05, 0.1) is 19.1 Å². The number of morpholine rings is 1. The van der Waals surface area contributed by atoms with E-state index in [9.17, 15) is 14.4 Å². The summed E-state index contributed by atoms with van der Waals surface area (Å²) in [4.78, 5) is 37.8. The first-order valence-electron chi connectivity index (χ1n) is 11.7. The Morgan fingerprint density at radius 2 is 1.68 bits per heavy atom. The Morgan fingerprint density at radius 1 is 1.03 bits per heavy atom. The maximum Gasteiger partial charge on any atom is 0.407 e. The number of aliphatic carboxylic acids is 1. The molecule has 2 N–H and O–H groups in total. The molecule has 5 rings (SSSR count). The van der Waals surface area contributed by atoms with Gasteiger partial charge < -0.3 is 24.8 Å². The van der Waals surface area contributed by atoms with Crippen LogP contribution in [-0.4, -0.2) is 66.4 Å². The zero-order chi connectivity index (χ0) is 23.7. The van der Waals surface area contributed by atoms with E-state index < -0.39 is 18.2 Å². The highest BCUT2D eigenvalue weighted by molar-refractivity contribution is 5.81. The Hall–Kier alpha value is -3.39. The number of carbonyl (C=O) groups excluding carboxylic acids is 2. The zero-order valence-electron chi connectivity index (χ0n) is 18.8. The summed E-state index contributed by atoms with van der Waals surface area (Å²) in [5.41, 5.74) is 4.69. The Labute approximate surface area is 197 Å². The number of amides is 2. The third kappa shape index (κ3) is 4.50. The number of alkyl carbamates (subject to hydrolysis) is 1. The van der Waals surface area contributed by atoms with Gasteiger partial charge in [-0.05, 0) is 35.1 Å². The van der Waals surface area contributed by atoms with Crippen LogP contribution >= 0.6 is 0 Å². The smallest absolute Gasteiger partial charge is 0.407 e. The van der Waals surface area contributed by atoms with Crippen molar-refractivity contribution in [2.24, 2.45) is 5.92 Å². The van der Waals surface area contributed by atoms with Crippen molar-refractivity contribution >= 4 is 18.0 Å². The Morgan fingerprint density at radius 3 is 2.32 bits per heavy atom. The van der Waals surface area contributed by atoms with Crippen LogP contribution < -0.4 is 5.32 Å². The number of ether oxygens (including phenoxy) is 2. The molecule has 0 aromatic heterocycles. The minimum Gasteiger partial charge on any atom is -0.481 e. The Balaban J connectivity index is 1.09. The van der Waals surface area contributed by atoms with Crippen molar-refractivity contribution in [3.8, 4) is 11.1 Å². The second kappa shape index (κ2) is 9.46. The zero-order valence-corrected chi connectivity index (χ0v) is 18.8. The highest BCUT2D eigenvalue weighted by Crippen LogP contribution is 2.44. The lowest BCUT2D eigenvalue weighted by molar-refractivity contribution is -0.151. The molecule has 2 aromatic carbocycles. The minimum atomic E-state index is -0.935. The monoisotopic (exact) mass is 464 g/mol. The topological polar surface area (TPSA) is 105 Å². The van der Waals surface area contributed by atoms with Gasteiger partial charge in [0.2, 0.25) is 5.91 Å². The molecule has 2 aromatic rings. The molecule has 8 heteroatoms. The first kappa shape index (κ1) is 22.4. The lowest BCUT2D eigenvalue weighted by Gasteiger charge is -2.40. The van der Waals surface area contributed by atoms with E-state index in [-0.39, 0.29) is 36.8 Å². The SMILES string of the molecule is O=C(O)CC1CN(C(=O)C2CC(NC(=O)OCC3c4ccccc4-c4ccccc43)C2)CCO1. The molecule has 0 radical (unpaired) electrons. The number of nitrogens with one attached hydrogen (secondary N) is 1. The van der Waals surface area contributed by atoms with Crippen LogP contribution in [0.1, 0.15) is 36.3 Å². The van der Waals surface area contributed by atoms with Gasteiger partial charge in [-0.15, -0.1) is 0 Å². The summed E-state index contributed by atoms with van der Waals surface area (Å²) in [5, 5.41) is 11.8. The van der Waals surface area contributed by atoms with Crippen molar-refractivity contribution in [1.29, 1.82) is 0 Å². The van der Waals surface area contributed by atoms with E-state index in [2.05, 4.69) is 29.6 Å². The quantitative estimate of drug-likeness (QED) is 0.681. The third-order valence-corrected chi connectivity index (χ3v) is 7.01. The Kier molecular flexibility index (Phi) is 6.24. The maximum atomic E-state index is 12.8. The average Bonchev–Trinajstić information content (AvgIpc) is 3.13. The number of fused-ring (bicyclic) bond motifs is 3. The number of hydrogen-bond acceptors (Lipinski definition) is 5. The average molecular weight is 465 g/mol. The lowest BCUT2D eigenvalue weighted by Crippen LogP contribution is -2.54. The van der Waals surface area contributed by atoms with Gasteiger partial charge in [0.1, 0.15) is 6.61 Å². The molecular formula is C26H28N2O6. The highest BCUT2D eigenvalue weighted by atomic mass is 16.5. The number of nitrogens with zero attached hydrogens (tertiary/aromatic N) is 1. The molecule has 1 heterocycles. The van der Waals surface area contributed by atoms with Crippen molar-refractivity contribution in [2.45, 2.75) is 37.3 Å². The molecule has 2 aliphatic carbocycles. The fourth-order valence-electron chi connectivity index (χ4n) is 5.24. The number of carboxylic acids is 1. The van der Waals surface area contributed by atoms with E-state index in [4.69, 9.17) is 14.6 Å². The standard InChI is InChI=1S/C26H28N2O6/c29-24(30)13-18-14-28(9-10-33-18)25(31)16-11-17(12-16)27-26(32)34-15-23-21-7-3-1-5-19(21)20-6-2-4-8-22(20)23/h1-8,16-18,23H,9-15H2,(H,27,32)(H,29,30). The van der Waals surface area contributed by atoms with Gasteiger partial charge in [-0.2, -0.15) is 0 Å². The number of hydrogen-bond donors (Lipinski definition) is 2. The molecule has 1 saturated carbocycles. The van der Waals surface area contributed by atoms with Crippen LogP contribution in [0.3, 0.4) is 0 Å². The van der Waals surface area contributed by atoms with Crippen LogP contribution in [0.4, 0.5) is 4.79 Å². The number of rotatable bonds is 6. The molecule has 8 nitrogen and oxygen atoms in total. The molecule has 2 amide bonds. The molecule has 0 bridgehead atoms. The van der Waals surface area contributed by atoms with Crippen molar-refractivity contribution in [3.63, 3.8) is 0 Å². The third-order valence-electron chi connectivity index (χ3n) is 7.01. The fraction of sp³-hybridized carbons (Fsp3) is 0.423. The lowest BCUT2D eigenvalue weighted by atomic mass is 9.79. The highest BCUT2D eigenvalue weighted by Gasteiger charge is 2.39. The summed E-state index contributed by atoms with van der Waals surface area (Å²) in [6, 6.07) is 16.3. The first-order chi connectivity index (χ1) is 16.5. The van der Waals surface area contributed by atoms with Crippen LogP contribution in [0.5, 0.6) is 0 Å². The summed E-state index contributed by atoms with van der Waals surface area (Å²) in [6.07, 6.45) is 0.0738. The van der Waals surface area contributed by atoms with Crippen LogP contribution in [0.15, 0.2) is 48.5 Å². The van der Waals surface area contributed by atoms with Gasteiger partial charge in [0, 0.05) is 31.0 Å². The summed E-state index contributed by atoms with van der Waals surface area (Å²) < 4.78 is 11.0. The van der Waals surface area contributed by atoms with Gasteiger partial charge in [-0.3, -0.25) is 9.59 Å². The maximum absolute atomic E-state index is 12.8. The molecule has 1 unspecified atom stereocenters. The molecule has 178 valence electrons. The summed E-state index contributed by atoms with van der Waals surface area (Å²) in [7, 11) is 0. The predicted molar refractivity (Wildman–Crippen MR) is 123 cm³/mol. The van der Waals surface area contributed by atoms with Crippen LogP contribution in [0.2, 0.25) is 0 Å². The van der Waals surface area contributed by atoms with Crippen LogP contribution in [0, 0.1) is 5.92 Å². The minimum absolute atomic E-state index is 0.00396. The van der Waals surface area contributed by atoms with Gasteiger partial charge in [0.25, 0.3) is 0 Å². The normalized spacial score (nSPS) is 23.4. The van der Waals surface area contributed by atoms with E-state index in [0.29, 0.717) is 32.5 Å². The molecule has 3 aliphatic rings. The van der Waals surface area contributed by atoms with Crippen molar-refractivity contribution in [2.75, 3.05) is 26.3 Å². The van der Waals surface area contributed by atoms with Crippen molar-refractivity contribution < 1.29 is 29.0 Å². The van der Waals surface area contributed by atoms with E-state index in [1.54, 1.807) is 4.90 Å². The van der Waals surface area contributed by atoms with Crippen molar-refractivity contribution in [1.82, 2.24) is 10.2 Å². The van der Waals surface area contributed by atoms with Gasteiger partial charge >= 0.3 is 12.1 Å². The molecule has 0 spiro atoms. The van der Waals surface area contributed by atoms with E-state index in [1.807, 2.05) is 24.3 Å². The van der Waals surface area contributed by atoms with Gasteiger partial charge in [-0.25, -0.2) is 4.79 Å². The molecule has 2 fully saturated rings. The first-order valence-corrected chi connectivity index (χ1v) is 11.7.